The first-order valence-electron chi connectivity index (χ1n) is 9.05. The molecule has 0 atom stereocenters. The number of amides is 1. The SMILES string of the molecule is CCOc1ccc2nc(NC(=O)c3cccnc3Nc3ccc(Cl)cc3Cl)sc2c1. The second kappa shape index (κ2) is 8.87. The molecule has 0 aliphatic rings. The molecule has 0 spiro atoms. The van der Waals surface area contributed by atoms with Gasteiger partial charge in [0.1, 0.15) is 11.6 Å². The molecular formula is C21H16Cl2N4O2S. The summed E-state index contributed by atoms with van der Waals surface area (Å²) in [6, 6.07) is 14.0. The first-order valence-corrected chi connectivity index (χ1v) is 10.6. The van der Waals surface area contributed by atoms with E-state index in [-0.39, 0.29) is 5.91 Å². The van der Waals surface area contributed by atoms with Gasteiger partial charge >= 0.3 is 0 Å². The summed E-state index contributed by atoms with van der Waals surface area (Å²) >= 11 is 13.5. The Hall–Kier alpha value is -2.87. The molecule has 0 saturated heterocycles. The van der Waals surface area contributed by atoms with E-state index in [9.17, 15) is 4.79 Å². The highest BCUT2D eigenvalue weighted by atomic mass is 35.5. The molecule has 0 unspecified atom stereocenters. The fourth-order valence-electron chi connectivity index (χ4n) is 2.79. The van der Waals surface area contributed by atoms with Gasteiger partial charge in [0.2, 0.25) is 0 Å². The number of nitrogens with zero attached hydrogens (tertiary/aromatic N) is 2. The van der Waals surface area contributed by atoms with E-state index in [0.29, 0.717) is 38.9 Å². The van der Waals surface area contributed by atoms with E-state index in [0.717, 1.165) is 16.0 Å². The van der Waals surface area contributed by atoms with Gasteiger partial charge in [-0.3, -0.25) is 10.1 Å². The van der Waals surface area contributed by atoms with Gasteiger partial charge in [-0.2, -0.15) is 0 Å². The number of halogens is 2. The standard InChI is InChI=1S/C21H16Cl2N4O2S/c1-2-29-13-6-8-17-18(11-13)30-21(26-17)27-20(28)14-4-3-9-24-19(14)25-16-7-5-12(22)10-15(16)23/h3-11H,2H2,1H3,(H,24,25)(H,26,27,28). The number of hydrogen-bond donors (Lipinski definition) is 2. The van der Waals surface area contributed by atoms with Crippen LogP contribution in [0.5, 0.6) is 5.75 Å². The Balaban J connectivity index is 1.57. The number of thiazole rings is 1. The first kappa shape index (κ1) is 20.4. The zero-order chi connectivity index (χ0) is 21.1. The number of benzene rings is 2. The molecule has 0 aliphatic carbocycles. The van der Waals surface area contributed by atoms with E-state index in [1.54, 1.807) is 36.5 Å². The minimum absolute atomic E-state index is 0.334. The number of rotatable bonds is 6. The van der Waals surface area contributed by atoms with E-state index < -0.39 is 0 Å². The van der Waals surface area contributed by atoms with Crippen LogP contribution in [0.25, 0.3) is 10.2 Å². The van der Waals surface area contributed by atoms with Gasteiger partial charge in [-0.15, -0.1) is 0 Å². The van der Waals surface area contributed by atoms with Crippen molar-refractivity contribution in [3.05, 3.63) is 70.3 Å². The summed E-state index contributed by atoms with van der Waals surface area (Å²) in [6.07, 6.45) is 1.59. The Bertz CT molecular complexity index is 1230. The van der Waals surface area contributed by atoms with Gasteiger partial charge in [-0.1, -0.05) is 34.5 Å². The summed E-state index contributed by atoms with van der Waals surface area (Å²) in [5.74, 6) is 0.809. The quantitative estimate of drug-likeness (QED) is 0.349. The van der Waals surface area contributed by atoms with Gasteiger partial charge in [0.25, 0.3) is 5.91 Å². The molecule has 4 aromatic rings. The van der Waals surface area contributed by atoms with Crippen molar-refractivity contribution < 1.29 is 9.53 Å². The maximum atomic E-state index is 12.9. The lowest BCUT2D eigenvalue weighted by molar-refractivity contribution is 0.102. The highest BCUT2D eigenvalue weighted by Gasteiger charge is 2.16. The third-order valence-corrected chi connectivity index (χ3v) is 5.61. The van der Waals surface area contributed by atoms with Crippen molar-refractivity contribution in [3.63, 3.8) is 0 Å². The summed E-state index contributed by atoms with van der Waals surface area (Å²) in [5, 5.41) is 7.37. The van der Waals surface area contributed by atoms with E-state index in [4.69, 9.17) is 27.9 Å². The van der Waals surface area contributed by atoms with Crippen LogP contribution in [0.4, 0.5) is 16.6 Å². The molecule has 6 nitrogen and oxygen atoms in total. The predicted molar refractivity (Wildman–Crippen MR) is 123 cm³/mol. The largest absolute Gasteiger partial charge is 0.494 e. The van der Waals surface area contributed by atoms with Gasteiger partial charge in [0.05, 0.1) is 33.1 Å². The molecule has 2 N–H and O–H groups in total. The van der Waals surface area contributed by atoms with Crippen LogP contribution < -0.4 is 15.4 Å². The van der Waals surface area contributed by atoms with Crippen LogP contribution in [-0.2, 0) is 0 Å². The number of pyridine rings is 1. The van der Waals surface area contributed by atoms with E-state index in [1.165, 1.54) is 11.3 Å². The monoisotopic (exact) mass is 458 g/mol. The average molecular weight is 459 g/mol. The fraction of sp³-hybridized carbons (Fsp3) is 0.0952. The molecule has 0 aliphatic heterocycles. The summed E-state index contributed by atoms with van der Waals surface area (Å²) in [5.41, 5.74) is 1.74. The molecule has 0 radical (unpaired) electrons. The molecule has 0 fully saturated rings. The van der Waals surface area contributed by atoms with E-state index >= 15 is 0 Å². The van der Waals surface area contributed by atoms with Crippen LogP contribution in [0, 0.1) is 0 Å². The Labute approximate surface area is 186 Å². The van der Waals surface area contributed by atoms with Crippen molar-refractivity contribution in [1.82, 2.24) is 9.97 Å². The lowest BCUT2D eigenvalue weighted by atomic mass is 10.2. The molecule has 30 heavy (non-hydrogen) atoms. The molecule has 152 valence electrons. The Morgan fingerprint density at radius 3 is 2.83 bits per heavy atom. The first-order chi connectivity index (χ1) is 14.5. The Morgan fingerprint density at radius 2 is 2.03 bits per heavy atom. The summed E-state index contributed by atoms with van der Waals surface area (Å²) in [7, 11) is 0. The molecule has 0 bridgehead atoms. The van der Waals surface area contributed by atoms with Crippen molar-refractivity contribution in [2.24, 2.45) is 0 Å². The van der Waals surface area contributed by atoms with Gasteiger partial charge in [-0.25, -0.2) is 9.97 Å². The third kappa shape index (κ3) is 4.48. The highest BCUT2D eigenvalue weighted by molar-refractivity contribution is 7.22. The molecule has 9 heteroatoms. The summed E-state index contributed by atoms with van der Waals surface area (Å²) in [6.45, 7) is 2.52. The Kier molecular flexibility index (Phi) is 6.03. The van der Waals surface area contributed by atoms with Gasteiger partial charge in [0, 0.05) is 11.2 Å². The second-order valence-corrected chi connectivity index (χ2v) is 8.06. The number of hydrogen-bond acceptors (Lipinski definition) is 6. The topological polar surface area (TPSA) is 76.1 Å². The van der Waals surface area contributed by atoms with Crippen LogP contribution in [0.15, 0.2) is 54.7 Å². The van der Waals surface area contributed by atoms with Crippen molar-refractivity contribution in [2.45, 2.75) is 6.92 Å². The predicted octanol–water partition coefficient (Wildman–Crippen LogP) is 6.39. The van der Waals surface area contributed by atoms with Crippen LogP contribution in [0.3, 0.4) is 0 Å². The number of anilines is 3. The molecule has 2 heterocycles. The molecule has 4 rings (SSSR count). The molecule has 1 amide bonds. The van der Waals surface area contributed by atoms with Crippen LogP contribution >= 0.6 is 34.5 Å². The number of aromatic nitrogens is 2. The van der Waals surface area contributed by atoms with E-state index in [2.05, 4.69) is 20.6 Å². The van der Waals surface area contributed by atoms with Crippen LogP contribution in [-0.4, -0.2) is 22.5 Å². The zero-order valence-corrected chi connectivity index (χ0v) is 18.1. The number of carbonyl (C=O) groups is 1. The average Bonchev–Trinajstić information content (AvgIpc) is 3.12. The number of nitrogens with one attached hydrogen (secondary N) is 2. The lowest BCUT2D eigenvalue weighted by Gasteiger charge is -2.11. The van der Waals surface area contributed by atoms with Crippen molar-refractivity contribution in [1.29, 1.82) is 0 Å². The van der Waals surface area contributed by atoms with Crippen LogP contribution in [0.2, 0.25) is 10.0 Å². The van der Waals surface area contributed by atoms with Gasteiger partial charge < -0.3 is 10.1 Å². The fourth-order valence-corrected chi connectivity index (χ4v) is 4.13. The highest BCUT2D eigenvalue weighted by Crippen LogP contribution is 2.31. The van der Waals surface area contributed by atoms with E-state index in [1.807, 2.05) is 25.1 Å². The molecular weight excluding hydrogens is 443 g/mol. The maximum Gasteiger partial charge on any atom is 0.261 e. The van der Waals surface area contributed by atoms with Crippen molar-refractivity contribution in [2.75, 3.05) is 17.2 Å². The van der Waals surface area contributed by atoms with Gasteiger partial charge in [-0.05, 0) is 55.5 Å². The normalized spacial score (nSPS) is 10.8. The summed E-state index contributed by atoms with van der Waals surface area (Å²) in [4.78, 5) is 21.7. The van der Waals surface area contributed by atoms with Crippen molar-refractivity contribution >= 4 is 67.3 Å². The smallest absolute Gasteiger partial charge is 0.261 e. The number of carbonyl (C=O) groups excluding carboxylic acids is 1. The third-order valence-electron chi connectivity index (χ3n) is 4.13. The lowest BCUT2D eigenvalue weighted by Crippen LogP contribution is -2.14. The van der Waals surface area contributed by atoms with Crippen LogP contribution in [0.1, 0.15) is 17.3 Å². The Morgan fingerprint density at radius 1 is 1.17 bits per heavy atom. The maximum absolute atomic E-state index is 12.9. The number of fused-ring (bicyclic) bond motifs is 1. The summed E-state index contributed by atoms with van der Waals surface area (Å²) < 4.78 is 6.44. The molecule has 2 aromatic carbocycles. The molecule has 2 aromatic heterocycles. The minimum atomic E-state index is -0.334. The molecule has 0 saturated carbocycles. The van der Waals surface area contributed by atoms with Crippen molar-refractivity contribution in [3.8, 4) is 5.75 Å². The second-order valence-electron chi connectivity index (χ2n) is 6.18. The zero-order valence-electron chi connectivity index (χ0n) is 15.8. The minimum Gasteiger partial charge on any atom is -0.494 e. The number of ether oxygens (including phenoxy) is 1. The van der Waals surface area contributed by atoms with Gasteiger partial charge in [0.15, 0.2) is 5.13 Å².